The van der Waals surface area contributed by atoms with Crippen LogP contribution in [0.4, 0.5) is 13.2 Å². The van der Waals surface area contributed by atoms with Gasteiger partial charge in [-0.2, -0.15) is 13.2 Å². The third-order valence-electron chi connectivity index (χ3n) is 5.57. The summed E-state index contributed by atoms with van der Waals surface area (Å²) in [6.07, 6.45) is -4.07. The highest BCUT2D eigenvalue weighted by atomic mass is 32.1. The summed E-state index contributed by atoms with van der Waals surface area (Å²) in [5.74, 6) is -0.780. The van der Waals surface area contributed by atoms with Crippen LogP contribution in [0.1, 0.15) is 58.7 Å². The number of carbonyl (C=O) groups excluding carboxylic acids is 1. The quantitative estimate of drug-likeness (QED) is 0.308. The predicted molar refractivity (Wildman–Crippen MR) is 128 cm³/mol. The van der Waals surface area contributed by atoms with E-state index in [1.807, 2.05) is 6.92 Å². The molecule has 0 saturated carbocycles. The van der Waals surface area contributed by atoms with Gasteiger partial charge >= 0.3 is 12.1 Å². The van der Waals surface area contributed by atoms with Crippen LogP contribution in [0.25, 0.3) is 10.6 Å². The molecule has 2 aromatic carbocycles. The van der Waals surface area contributed by atoms with E-state index < -0.39 is 23.8 Å². The molecule has 5 nitrogen and oxygen atoms in total. The smallest absolute Gasteiger partial charge is 0.417 e. The van der Waals surface area contributed by atoms with Crippen molar-refractivity contribution in [2.24, 2.45) is 0 Å². The molecule has 0 aliphatic rings. The number of aliphatic carboxylic acids is 1. The van der Waals surface area contributed by atoms with Crippen LogP contribution < -0.4 is 4.74 Å². The third-order valence-corrected chi connectivity index (χ3v) is 6.76. The Morgan fingerprint density at radius 1 is 1.14 bits per heavy atom. The number of Topliss-reactive ketones (excluding diaryl/α,β-unsaturated/α-hetero) is 1. The Balaban J connectivity index is 1.76. The number of hydrogen-bond acceptors (Lipinski definition) is 5. The molecule has 3 aromatic rings. The summed E-state index contributed by atoms with van der Waals surface area (Å²) in [5, 5.41) is 9.47. The molecular formula is C26H26F3NO4S. The molecule has 0 spiro atoms. The Hall–Kier alpha value is -3.20. The van der Waals surface area contributed by atoms with E-state index in [0.717, 1.165) is 10.9 Å². The number of nitrogens with zero attached hydrogens (tertiary/aromatic N) is 1. The predicted octanol–water partition coefficient (Wildman–Crippen LogP) is 6.76. The lowest BCUT2D eigenvalue weighted by molar-refractivity contribution is -0.145. The highest BCUT2D eigenvalue weighted by molar-refractivity contribution is 7.15. The number of thiazole rings is 1. The molecule has 0 amide bonds. The molecule has 0 saturated heterocycles. The normalized spacial score (nSPS) is 12.4. The van der Waals surface area contributed by atoms with Crippen LogP contribution in [0.2, 0.25) is 0 Å². The van der Waals surface area contributed by atoms with Gasteiger partial charge in [-0.25, -0.2) is 9.78 Å². The first-order valence-corrected chi connectivity index (χ1v) is 12.0. The van der Waals surface area contributed by atoms with Crippen LogP contribution in [0.15, 0.2) is 42.5 Å². The molecule has 3 rings (SSSR count). The number of halogens is 3. The number of ether oxygens (including phenoxy) is 1. The molecule has 0 aliphatic heterocycles. The van der Waals surface area contributed by atoms with Gasteiger partial charge in [0.15, 0.2) is 11.9 Å². The van der Waals surface area contributed by atoms with Gasteiger partial charge in [0.05, 0.1) is 11.3 Å². The van der Waals surface area contributed by atoms with Gasteiger partial charge in [0.1, 0.15) is 10.8 Å². The lowest BCUT2D eigenvalue weighted by atomic mass is 10.0. The average molecular weight is 506 g/mol. The minimum atomic E-state index is -4.49. The van der Waals surface area contributed by atoms with Crippen LogP contribution in [0.5, 0.6) is 5.75 Å². The van der Waals surface area contributed by atoms with Gasteiger partial charge in [-0.1, -0.05) is 32.0 Å². The molecule has 0 aliphatic carbocycles. The zero-order valence-electron chi connectivity index (χ0n) is 19.6. The fourth-order valence-electron chi connectivity index (χ4n) is 3.68. The summed E-state index contributed by atoms with van der Waals surface area (Å²) in [4.78, 5) is 29.3. The van der Waals surface area contributed by atoms with Crippen LogP contribution in [-0.2, 0) is 23.8 Å². The molecule has 1 atom stereocenters. The van der Waals surface area contributed by atoms with Crippen LogP contribution in [-0.4, -0.2) is 27.9 Å². The van der Waals surface area contributed by atoms with Gasteiger partial charge in [0.2, 0.25) is 0 Å². The van der Waals surface area contributed by atoms with Crippen LogP contribution in [0.3, 0.4) is 0 Å². The van der Waals surface area contributed by atoms with Gasteiger partial charge < -0.3 is 9.84 Å². The van der Waals surface area contributed by atoms with Crippen molar-refractivity contribution in [3.8, 4) is 16.3 Å². The molecule has 186 valence electrons. The number of carboxylic acid groups (broad SMARTS) is 1. The van der Waals surface area contributed by atoms with E-state index in [4.69, 9.17) is 4.74 Å². The second-order valence-corrected chi connectivity index (χ2v) is 9.13. The van der Waals surface area contributed by atoms with Gasteiger partial charge in [-0.15, -0.1) is 11.3 Å². The lowest BCUT2D eigenvalue weighted by Gasteiger charge is -2.15. The van der Waals surface area contributed by atoms with Crippen molar-refractivity contribution in [2.75, 3.05) is 0 Å². The van der Waals surface area contributed by atoms with Gasteiger partial charge in [0.25, 0.3) is 0 Å². The van der Waals surface area contributed by atoms with E-state index in [-0.39, 0.29) is 17.8 Å². The van der Waals surface area contributed by atoms with E-state index in [9.17, 15) is 27.9 Å². The summed E-state index contributed by atoms with van der Waals surface area (Å²) in [5.41, 5.74) is 1.10. The minimum Gasteiger partial charge on any atom is -0.479 e. The number of carboxylic acids is 1. The van der Waals surface area contributed by atoms with Crippen molar-refractivity contribution in [1.29, 1.82) is 0 Å². The van der Waals surface area contributed by atoms with Crippen LogP contribution >= 0.6 is 11.3 Å². The summed E-state index contributed by atoms with van der Waals surface area (Å²) in [7, 11) is 0. The first-order valence-electron chi connectivity index (χ1n) is 11.2. The molecule has 1 aromatic heterocycles. The Bertz CT molecular complexity index is 1220. The molecular weight excluding hydrogens is 479 g/mol. The number of hydrogen-bond donors (Lipinski definition) is 1. The lowest BCUT2D eigenvalue weighted by Crippen LogP contribution is -2.26. The van der Waals surface area contributed by atoms with Gasteiger partial charge in [-0.05, 0) is 56.0 Å². The number of benzene rings is 2. The van der Waals surface area contributed by atoms with E-state index in [1.165, 1.54) is 23.5 Å². The Morgan fingerprint density at radius 2 is 1.86 bits per heavy atom. The monoisotopic (exact) mass is 505 g/mol. The topological polar surface area (TPSA) is 76.5 Å². The molecule has 9 heteroatoms. The zero-order valence-corrected chi connectivity index (χ0v) is 20.4. The number of ketones is 1. The highest BCUT2D eigenvalue weighted by Gasteiger charge is 2.34. The molecule has 0 fully saturated rings. The zero-order chi connectivity index (χ0) is 25.8. The maximum absolute atomic E-state index is 13.4. The van der Waals surface area contributed by atoms with E-state index in [2.05, 4.69) is 4.98 Å². The number of rotatable bonds is 10. The molecule has 0 radical (unpaired) electrons. The minimum absolute atomic E-state index is 0.0373. The summed E-state index contributed by atoms with van der Waals surface area (Å²) >= 11 is 1.18. The average Bonchev–Trinajstić information content (AvgIpc) is 3.24. The van der Waals surface area contributed by atoms with E-state index in [0.29, 0.717) is 46.8 Å². The van der Waals surface area contributed by atoms with E-state index >= 15 is 0 Å². The maximum Gasteiger partial charge on any atom is 0.417 e. The molecule has 35 heavy (non-hydrogen) atoms. The van der Waals surface area contributed by atoms with Gasteiger partial charge in [0, 0.05) is 22.4 Å². The second-order valence-electron chi connectivity index (χ2n) is 8.04. The Kier molecular flexibility index (Phi) is 8.32. The molecule has 0 bridgehead atoms. The summed E-state index contributed by atoms with van der Waals surface area (Å²) in [6, 6.07) is 10.2. The van der Waals surface area contributed by atoms with Crippen molar-refractivity contribution >= 4 is 23.1 Å². The molecule has 1 heterocycles. The first-order chi connectivity index (χ1) is 16.5. The number of aryl methyl sites for hydroxylation is 3. The number of carbonyl (C=O) groups is 2. The van der Waals surface area contributed by atoms with Crippen LogP contribution in [0, 0.1) is 6.92 Å². The maximum atomic E-state index is 13.4. The number of aromatic nitrogens is 1. The van der Waals surface area contributed by atoms with Crippen molar-refractivity contribution in [3.05, 3.63) is 69.7 Å². The van der Waals surface area contributed by atoms with E-state index in [1.54, 1.807) is 38.1 Å². The third kappa shape index (κ3) is 6.28. The largest absolute Gasteiger partial charge is 0.479 e. The van der Waals surface area contributed by atoms with Crippen molar-refractivity contribution in [2.45, 2.75) is 58.7 Å². The summed E-state index contributed by atoms with van der Waals surface area (Å²) < 4.78 is 45.9. The first kappa shape index (κ1) is 26.4. The molecule has 1 unspecified atom stereocenters. The Labute approximate surface area is 205 Å². The Morgan fingerprint density at radius 3 is 2.46 bits per heavy atom. The van der Waals surface area contributed by atoms with Crippen molar-refractivity contribution < 1.29 is 32.6 Å². The second kappa shape index (κ2) is 11.0. The summed E-state index contributed by atoms with van der Waals surface area (Å²) in [6.45, 7) is 5.33. The highest BCUT2D eigenvalue weighted by Crippen LogP contribution is 2.39. The molecule has 1 N–H and O–H groups in total. The SMILES string of the molecule is CCc1nc(-c2ccccc2C(F)(F)F)sc1CCC(=O)c1ccc(OC(CC)C(=O)O)c(C)c1. The van der Waals surface area contributed by atoms with Crippen molar-refractivity contribution in [1.82, 2.24) is 4.98 Å². The number of alkyl halides is 3. The fraction of sp³-hybridized carbons (Fsp3) is 0.346. The van der Waals surface area contributed by atoms with Gasteiger partial charge in [-0.3, -0.25) is 4.79 Å². The van der Waals surface area contributed by atoms with Crippen molar-refractivity contribution in [3.63, 3.8) is 0 Å². The fourth-order valence-corrected chi connectivity index (χ4v) is 4.86. The standard InChI is InChI=1S/C26H26F3NO4S/c1-4-19-23(35-24(30-19)17-8-6-7-9-18(17)26(27,28)29)13-11-20(31)16-10-12-22(15(3)14-16)34-21(5-2)25(32)33/h6-10,12,14,21H,4-5,11,13H2,1-3H3,(H,32,33).